The molecule has 4 nitrogen and oxygen atoms in total. The third kappa shape index (κ3) is 1.72. The molecule has 2 aliphatic carbocycles. The molecule has 0 radical (unpaired) electrons. The van der Waals surface area contributed by atoms with E-state index in [1.807, 2.05) is 6.92 Å². The lowest BCUT2D eigenvalue weighted by atomic mass is 10.0. The van der Waals surface area contributed by atoms with Gasteiger partial charge in [-0.3, -0.25) is 4.79 Å². The number of carbonyl (C=O) groups is 1. The number of nitrogens with one attached hydrogen (secondary N) is 2. The van der Waals surface area contributed by atoms with Gasteiger partial charge in [0.1, 0.15) is 5.82 Å². The van der Waals surface area contributed by atoms with Crippen LogP contribution in [0.5, 0.6) is 0 Å². The molecular weight excluding hydrogens is 202 g/mol. The number of amides is 1. The third-order valence-corrected chi connectivity index (χ3v) is 3.90. The summed E-state index contributed by atoms with van der Waals surface area (Å²) in [7, 11) is 0. The Morgan fingerprint density at radius 3 is 2.88 bits per heavy atom. The molecule has 2 aliphatic rings. The van der Waals surface area contributed by atoms with E-state index >= 15 is 0 Å². The first-order valence-electron chi connectivity index (χ1n) is 6.03. The van der Waals surface area contributed by atoms with E-state index in [0.29, 0.717) is 0 Å². The minimum Gasteiger partial charge on any atom is -0.347 e. The molecule has 2 saturated carbocycles. The third-order valence-electron chi connectivity index (χ3n) is 3.90. The first kappa shape index (κ1) is 9.87. The normalized spacial score (nSPS) is 33.2. The van der Waals surface area contributed by atoms with E-state index in [1.54, 1.807) is 12.4 Å². The van der Waals surface area contributed by atoms with Gasteiger partial charge in [-0.2, -0.15) is 0 Å². The quantitative estimate of drug-likeness (QED) is 0.811. The Morgan fingerprint density at radius 1 is 1.50 bits per heavy atom. The summed E-state index contributed by atoms with van der Waals surface area (Å²) in [6.45, 7) is 1.96. The van der Waals surface area contributed by atoms with Crippen LogP contribution >= 0.6 is 0 Å². The summed E-state index contributed by atoms with van der Waals surface area (Å²) >= 11 is 0. The van der Waals surface area contributed by atoms with Gasteiger partial charge in [0.15, 0.2) is 0 Å². The van der Waals surface area contributed by atoms with Crippen LogP contribution in [0.2, 0.25) is 0 Å². The molecule has 1 amide bonds. The summed E-state index contributed by atoms with van der Waals surface area (Å²) in [4.78, 5) is 19.1. The number of hydrogen-bond acceptors (Lipinski definition) is 2. The van der Waals surface area contributed by atoms with Gasteiger partial charge >= 0.3 is 0 Å². The van der Waals surface area contributed by atoms with E-state index in [0.717, 1.165) is 30.5 Å². The lowest BCUT2D eigenvalue weighted by Crippen LogP contribution is -2.32. The summed E-state index contributed by atoms with van der Waals surface area (Å²) in [6.07, 6.45) is 7.05. The van der Waals surface area contributed by atoms with Crippen LogP contribution < -0.4 is 5.32 Å². The molecule has 0 bridgehead atoms. The molecule has 1 heterocycles. The smallest absolute Gasteiger partial charge is 0.223 e. The predicted molar refractivity (Wildman–Crippen MR) is 59.5 cm³/mol. The zero-order valence-electron chi connectivity index (χ0n) is 9.44. The molecule has 0 aromatic carbocycles. The number of fused-ring (bicyclic) bond motifs is 1. The average Bonchev–Trinajstić information content (AvgIpc) is 2.77. The topological polar surface area (TPSA) is 57.8 Å². The van der Waals surface area contributed by atoms with E-state index in [2.05, 4.69) is 15.3 Å². The maximum atomic E-state index is 12.0. The molecule has 1 aromatic heterocycles. The SMILES string of the molecule is CC(NC(=O)C1CC2CC2C1)c1ncc[nH]1. The van der Waals surface area contributed by atoms with Crippen LogP contribution in [0, 0.1) is 17.8 Å². The van der Waals surface area contributed by atoms with Crippen LogP contribution in [0.3, 0.4) is 0 Å². The Hall–Kier alpha value is -1.32. The second-order valence-corrected chi connectivity index (χ2v) is 5.13. The molecule has 0 spiro atoms. The maximum absolute atomic E-state index is 12.0. The Kier molecular flexibility index (Phi) is 2.23. The van der Waals surface area contributed by atoms with Crippen molar-refractivity contribution < 1.29 is 4.79 Å². The molecule has 16 heavy (non-hydrogen) atoms. The van der Waals surface area contributed by atoms with Crippen molar-refractivity contribution in [2.24, 2.45) is 17.8 Å². The van der Waals surface area contributed by atoms with Crippen molar-refractivity contribution in [3.8, 4) is 0 Å². The fraction of sp³-hybridized carbons (Fsp3) is 0.667. The Labute approximate surface area is 94.8 Å². The molecule has 0 aliphatic heterocycles. The first-order chi connectivity index (χ1) is 7.74. The first-order valence-corrected chi connectivity index (χ1v) is 6.03. The highest BCUT2D eigenvalue weighted by Crippen LogP contribution is 2.54. The molecule has 4 heteroatoms. The number of rotatable bonds is 3. The highest BCUT2D eigenvalue weighted by Gasteiger charge is 2.48. The van der Waals surface area contributed by atoms with Gasteiger partial charge in [0.25, 0.3) is 0 Å². The summed E-state index contributed by atoms with van der Waals surface area (Å²) in [5.41, 5.74) is 0. The highest BCUT2D eigenvalue weighted by atomic mass is 16.2. The zero-order valence-corrected chi connectivity index (χ0v) is 9.44. The van der Waals surface area contributed by atoms with E-state index in [1.165, 1.54) is 6.42 Å². The van der Waals surface area contributed by atoms with Crippen molar-refractivity contribution in [3.05, 3.63) is 18.2 Å². The van der Waals surface area contributed by atoms with E-state index in [4.69, 9.17) is 0 Å². The van der Waals surface area contributed by atoms with Crippen molar-refractivity contribution in [1.29, 1.82) is 0 Å². The Balaban J connectivity index is 1.56. The number of aromatic nitrogens is 2. The summed E-state index contributed by atoms with van der Waals surface area (Å²) in [5, 5.41) is 3.03. The molecule has 1 aromatic rings. The molecule has 2 fully saturated rings. The summed E-state index contributed by atoms with van der Waals surface area (Å²) in [6, 6.07) is -0.0144. The lowest BCUT2D eigenvalue weighted by molar-refractivity contribution is -0.125. The van der Waals surface area contributed by atoms with Crippen molar-refractivity contribution in [2.45, 2.75) is 32.2 Å². The molecule has 3 unspecified atom stereocenters. The zero-order chi connectivity index (χ0) is 11.1. The Bertz CT molecular complexity index is 377. The van der Waals surface area contributed by atoms with Gasteiger partial charge < -0.3 is 10.3 Å². The van der Waals surface area contributed by atoms with Crippen molar-refractivity contribution in [1.82, 2.24) is 15.3 Å². The van der Waals surface area contributed by atoms with Crippen molar-refractivity contribution in [3.63, 3.8) is 0 Å². The maximum Gasteiger partial charge on any atom is 0.223 e. The van der Waals surface area contributed by atoms with Gasteiger partial charge in [0, 0.05) is 18.3 Å². The van der Waals surface area contributed by atoms with E-state index < -0.39 is 0 Å². The van der Waals surface area contributed by atoms with Crippen LogP contribution in [0.25, 0.3) is 0 Å². The second kappa shape index (κ2) is 3.61. The predicted octanol–water partition coefficient (Wildman–Crippen LogP) is 1.63. The van der Waals surface area contributed by atoms with Crippen LogP contribution in [0.1, 0.15) is 38.1 Å². The van der Waals surface area contributed by atoms with E-state index in [-0.39, 0.29) is 17.9 Å². The number of hydrogen-bond donors (Lipinski definition) is 2. The molecule has 3 atom stereocenters. The number of imidazole rings is 1. The number of H-pyrrole nitrogens is 1. The molecule has 0 saturated heterocycles. The standard InChI is InChI=1S/C12H17N3O/c1-7(11-13-2-3-14-11)15-12(16)10-5-8-4-9(8)6-10/h2-3,7-10H,4-6H2,1H3,(H,13,14)(H,15,16). The van der Waals surface area contributed by atoms with Crippen LogP contribution in [-0.4, -0.2) is 15.9 Å². The number of carbonyl (C=O) groups excluding carboxylic acids is 1. The molecular formula is C12H17N3O. The van der Waals surface area contributed by atoms with E-state index in [9.17, 15) is 4.79 Å². The van der Waals surface area contributed by atoms with Crippen molar-refractivity contribution >= 4 is 5.91 Å². The number of nitrogens with zero attached hydrogens (tertiary/aromatic N) is 1. The molecule has 3 rings (SSSR count). The van der Waals surface area contributed by atoms with Crippen molar-refractivity contribution in [2.75, 3.05) is 0 Å². The summed E-state index contributed by atoms with van der Waals surface area (Å²) in [5.74, 6) is 3.00. The van der Waals surface area contributed by atoms with Crippen LogP contribution in [0.15, 0.2) is 12.4 Å². The largest absolute Gasteiger partial charge is 0.347 e. The lowest BCUT2D eigenvalue weighted by Gasteiger charge is -2.16. The summed E-state index contributed by atoms with van der Waals surface area (Å²) < 4.78 is 0. The van der Waals surface area contributed by atoms with Gasteiger partial charge in [-0.25, -0.2) is 4.98 Å². The number of aromatic amines is 1. The van der Waals surface area contributed by atoms with Gasteiger partial charge in [-0.15, -0.1) is 0 Å². The Morgan fingerprint density at radius 2 is 2.25 bits per heavy atom. The second-order valence-electron chi connectivity index (χ2n) is 5.13. The highest BCUT2D eigenvalue weighted by molar-refractivity contribution is 5.79. The van der Waals surface area contributed by atoms with Gasteiger partial charge in [-0.05, 0) is 38.0 Å². The average molecular weight is 219 g/mol. The minimum absolute atomic E-state index is 0.0144. The molecule has 86 valence electrons. The minimum atomic E-state index is -0.0144. The van der Waals surface area contributed by atoms with Gasteiger partial charge in [0.05, 0.1) is 6.04 Å². The fourth-order valence-electron chi connectivity index (χ4n) is 2.84. The monoisotopic (exact) mass is 219 g/mol. The van der Waals surface area contributed by atoms with Gasteiger partial charge in [0.2, 0.25) is 5.91 Å². The van der Waals surface area contributed by atoms with Gasteiger partial charge in [-0.1, -0.05) is 0 Å². The van der Waals surface area contributed by atoms with Crippen LogP contribution in [-0.2, 0) is 4.79 Å². The fourth-order valence-corrected chi connectivity index (χ4v) is 2.84. The molecule has 2 N–H and O–H groups in total. The van der Waals surface area contributed by atoms with Crippen LogP contribution in [0.4, 0.5) is 0 Å².